The molecule has 0 spiro atoms. The molecule has 2 aliphatic rings. The maximum atomic E-state index is 11.5. The molecule has 0 unspecified atom stereocenters. The molecule has 0 bridgehead atoms. The number of thiazole rings is 1. The minimum atomic E-state index is 0. The zero-order valence-corrected chi connectivity index (χ0v) is 20.6. The molecule has 3 heterocycles. The van der Waals surface area contributed by atoms with Crippen molar-refractivity contribution < 1.29 is 4.79 Å². The van der Waals surface area contributed by atoms with E-state index in [0.29, 0.717) is 12.6 Å². The first-order valence-electron chi connectivity index (χ1n) is 10.3. The van der Waals surface area contributed by atoms with E-state index in [4.69, 9.17) is 4.98 Å². The van der Waals surface area contributed by atoms with Crippen molar-refractivity contribution in [2.75, 3.05) is 58.3 Å². The molecule has 0 atom stereocenters. The van der Waals surface area contributed by atoms with E-state index in [0.717, 1.165) is 63.6 Å². The molecule has 2 saturated heterocycles. The van der Waals surface area contributed by atoms with E-state index in [1.54, 1.807) is 18.4 Å². The van der Waals surface area contributed by atoms with Crippen molar-refractivity contribution in [1.29, 1.82) is 0 Å². The second kappa shape index (κ2) is 12.5. The van der Waals surface area contributed by atoms with Crippen LogP contribution in [0.15, 0.2) is 10.4 Å². The van der Waals surface area contributed by atoms with Gasteiger partial charge in [0, 0.05) is 64.7 Å². The molecule has 2 aliphatic heterocycles. The lowest BCUT2D eigenvalue weighted by molar-refractivity contribution is -0.122. The van der Waals surface area contributed by atoms with E-state index in [9.17, 15) is 4.79 Å². The Balaban J connectivity index is 0.00000300. The Labute approximate surface area is 194 Å². The van der Waals surface area contributed by atoms with Gasteiger partial charge in [-0.15, -0.1) is 35.3 Å². The lowest BCUT2D eigenvalue weighted by Gasteiger charge is -2.32. The van der Waals surface area contributed by atoms with Crippen molar-refractivity contribution in [3.05, 3.63) is 11.1 Å². The molecule has 10 heteroatoms. The Morgan fingerprint density at radius 1 is 1.28 bits per heavy atom. The first kappa shape index (κ1) is 24.1. The number of carbonyl (C=O) groups is 1. The van der Waals surface area contributed by atoms with Crippen LogP contribution < -0.4 is 20.9 Å². The van der Waals surface area contributed by atoms with Crippen LogP contribution in [0, 0.1) is 0 Å². The highest BCUT2D eigenvalue weighted by molar-refractivity contribution is 14.0. The Bertz CT molecular complexity index is 655. The van der Waals surface area contributed by atoms with E-state index in [2.05, 4.69) is 36.1 Å². The van der Waals surface area contributed by atoms with Crippen molar-refractivity contribution >= 4 is 52.3 Å². The largest absolute Gasteiger partial charge is 0.358 e. The van der Waals surface area contributed by atoms with Gasteiger partial charge in [-0.3, -0.25) is 14.7 Å². The standard InChI is InChI=1S/C19H33N7OS.HI/c1-20-17(27)13-25-11-6-15(7-12-25)23-18(21-2)22-8-5-16-14-28-19(24-16)26-9-3-4-10-26;/h14-15H,3-13H2,1-2H3,(H,20,27)(H2,21,22,23);1H. The van der Waals surface area contributed by atoms with Gasteiger partial charge in [-0.25, -0.2) is 4.98 Å². The molecule has 0 radical (unpaired) electrons. The highest BCUT2D eigenvalue weighted by Crippen LogP contribution is 2.24. The van der Waals surface area contributed by atoms with Gasteiger partial charge in [-0.1, -0.05) is 0 Å². The summed E-state index contributed by atoms with van der Waals surface area (Å²) in [5, 5.41) is 13.0. The minimum absolute atomic E-state index is 0. The lowest BCUT2D eigenvalue weighted by atomic mass is 10.1. The van der Waals surface area contributed by atoms with Crippen LogP contribution in [-0.2, 0) is 11.2 Å². The monoisotopic (exact) mass is 535 g/mol. The third kappa shape index (κ3) is 7.56. The second-order valence-electron chi connectivity index (χ2n) is 7.43. The summed E-state index contributed by atoms with van der Waals surface area (Å²) >= 11 is 1.75. The number of nitrogens with zero attached hydrogens (tertiary/aromatic N) is 4. The summed E-state index contributed by atoms with van der Waals surface area (Å²) in [6, 6.07) is 0.396. The van der Waals surface area contributed by atoms with Crippen LogP contribution in [-0.4, -0.2) is 81.2 Å². The number of piperidine rings is 1. The Hall–Kier alpha value is -1.14. The highest BCUT2D eigenvalue weighted by Gasteiger charge is 2.21. The van der Waals surface area contributed by atoms with Gasteiger partial charge >= 0.3 is 0 Å². The average molecular weight is 536 g/mol. The number of amides is 1. The molecule has 0 aromatic carbocycles. The summed E-state index contributed by atoms with van der Waals surface area (Å²) in [5.41, 5.74) is 1.15. The van der Waals surface area contributed by atoms with Crippen molar-refractivity contribution in [3.8, 4) is 0 Å². The first-order valence-corrected chi connectivity index (χ1v) is 11.2. The Morgan fingerprint density at radius 3 is 2.66 bits per heavy atom. The van der Waals surface area contributed by atoms with E-state index in [-0.39, 0.29) is 29.9 Å². The van der Waals surface area contributed by atoms with Crippen molar-refractivity contribution in [1.82, 2.24) is 25.8 Å². The van der Waals surface area contributed by atoms with Crippen molar-refractivity contribution in [3.63, 3.8) is 0 Å². The molecule has 1 amide bonds. The third-order valence-corrected chi connectivity index (χ3v) is 6.34. The van der Waals surface area contributed by atoms with Gasteiger partial charge in [0.2, 0.25) is 5.91 Å². The van der Waals surface area contributed by atoms with Crippen molar-refractivity contribution in [2.45, 2.75) is 38.1 Å². The van der Waals surface area contributed by atoms with Crippen LogP contribution in [0.4, 0.5) is 5.13 Å². The number of anilines is 1. The molecule has 8 nitrogen and oxygen atoms in total. The van der Waals surface area contributed by atoms with Gasteiger partial charge in [0.25, 0.3) is 0 Å². The SMILES string of the molecule is CN=C(NCCc1csc(N2CCCC2)n1)NC1CCN(CC(=O)NC)CC1.I. The number of guanidine groups is 1. The molecule has 2 fully saturated rings. The molecule has 1 aromatic heterocycles. The van der Waals surface area contributed by atoms with Crippen LogP contribution in [0.3, 0.4) is 0 Å². The van der Waals surface area contributed by atoms with Gasteiger partial charge in [0.1, 0.15) is 0 Å². The quantitative estimate of drug-likeness (QED) is 0.277. The molecule has 29 heavy (non-hydrogen) atoms. The molecule has 3 N–H and O–H groups in total. The highest BCUT2D eigenvalue weighted by atomic mass is 127. The van der Waals surface area contributed by atoms with Gasteiger partial charge in [-0.2, -0.15) is 0 Å². The summed E-state index contributed by atoms with van der Waals surface area (Å²) in [6.45, 7) is 5.45. The number of hydrogen-bond acceptors (Lipinski definition) is 6. The molecular formula is C19H34IN7OS. The number of likely N-dealkylation sites (N-methyl/N-ethyl adjacent to an activating group) is 1. The molecular weight excluding hydrogens is 501 g/mol. The first-order chi connectivity index (χ1) is 13.7. The lowest BCUT2D eigenvalue weighted by Crippen LogP contribution is -2.50. The molecule has 3 rings (SSSR count). The van der Waals surface area contributed by atoms with E-state index in [1.165, 1.54) is 18.0 Å². The normalized spacial score (nSPS) is 18.4. The summed E-state index contributed by atoms with van der Waals surface area (Å²) < 4.78 is 0. The van der Waals surface area contributed by atoms with E-state index < -0.39 is 0 Å². The number of likely N-dealkylation sites (tertiary alicyclic amines) is 1. The third-order valence-electron chi connectivity index (χ3n) is 5.39. The molecule has 164 valence electrons. The maximum Gasteiger partial charge on any atom is 0.233 e. The van der Waals surface area contributed by atoms with Crippen LogP contribution in [0.2, 0.25) is 0 Å². The van der Waals surface area contributed by atoms with Gasteiger partial charge in [0.15, 0.2) is 11.1 Å². The zero-order chi connectivity index (χ0) is 19.8. The molecule has 1 aromatic rings. The zero-order valence-electron chi connectivity index (χ0n) is 17.4. The van der Waals surface area contributed by atoms with Crippen LogP contribution in [0.1, 0.15) is 31.4 Å². The fourth-order valence-corrected chi connectivity index (χ4v) is 4.59. The Morgan fingerprint density at radius 2 is 2.00 bits per heavy atom. The van der Waals surface area contributed by atoms with Crippen LogP contribution in [0.25, 0.3) is 0 Å². The maximum absolute atomic E-state index is 11.5. The average Bonchev–Trinajstić information content (AvgIpc) is 3.40. The van der Waals surface area contributed by atoms with E-state index in [1.807, 2.05) is 7.05 Å². The number of hydrogen-bond donors (Lipinski definition) is 3. The summed E-state index contributed by atoms with van der Waals surface area (Å²) in [4.78, 5) is 25.2. The molecule has 0 aliphatic carbocycles. The van der Waals surface area contributed by atoms with E-state index >= 15 is 0 Å². The number of rotatable bonds is 7. The predicted octanol–water partition coefficient (Wildman–Crippen LogP) is 1.28. The fourth-order valence-electron chi connectivity index (χ4n) is 3.68. The summed E-state index contributed by atoms with van der Waals surface area (Å²) in [5.74, 6) is 0.929. The van der Waals surface area contributed by atoms with Crippen LogP contribution >= 0.6 is 35.3 Å². The number of aliphatic imine (C=N–C) groups is 1. The van der Waals surface area contributed by atoms with Gasteiger partial charge in [0.05, 0.1) is 12.2 Å². The fraction of sp³-hybridized carbons (Fsp3) is 0.737. The van der Waals surface area contributed by atoms with Gasteiger partial charge < -0.3 is 20.9 Å². The second-order valence-corrected chi connectivity index (χ2v) is 8.27. The molecule has 0 saturated carbocycles. The topological polar surface area (TPSA) is 84.9 Å². The van der Waals surface area contributed by atoms with Crippen molar-refractivity contribution in [2.24, 2.45) is 4.99 Å². The van der Waals surface area contributed by atoms with Crippen LogP contribution in [0.5, 0.6) is 0 Å². The smallest absolute Gasteiger partial charge is 0.233 e. The number of nitrogens with one attached hydrogen (secondary N) is 3. The Kier molecular flexibility index (Phi) is 10.4. The summed E-state index contributed by atoms with van der Waals surface area (Å²) in [7, 11) is 3.50. The van der Waals surface area contributed by atoms with Gasteiger partial charge in [-0.05, 0) is 25.7 Å². The minimum Gasteiger partial charge on any atom is -0.358 e. The predicted molar refractivity (Wildman–Crippen MR) is 131 cm³/mol. The number of carbonyl (C=O) groups excluding carboxylic acids is 1. The number of aromatic nitrogens is 1. The number of halogens is 1. The summed E-state index contributed by atoms with van der Waals surface area (Å²) in [6.07, 6.45) is 5.49.